The minimum atomic E-state index is -1.01. The molecule has 0 radical (unpaired) electrons. The molecule has 1 atom stereocenters. The van der Waals surface area contributed by atoms with Gasteiger partial charge in [-0.05, 0) is 65.1 Å². The number of hydrogen-bond acceptors (Lipinski definition) is 4. The van der Waals surface area contributed by atoms with Crippen molar-refractivity contribution in [1.82, 2.24) is 4.90 Å². The van der Waals surface area contributed by atoms with Gasteiger partial charge in [-0.2, -0.15) is 5.26 Å². The van der Waals surface area contributed by atoms with Crippen molar-refractivity contribution in [3.8, 4) is 17.2 Å². The van der Waals surface area contributed by atoms with Crippen LogP contribution in [0.3, 0.4) is 0 Å². The third kappa shape index (κ3) is 4.99. The zero-order chi connectivity index (χ0) is 25.1. The fourth-order valence-electron chi connectivity index (χ4n) is 4.23. The van der Waals surface area contributed by atoms with E-state index in [1.165, 1.54) is 4.90 Å². The van der Waals surface area contributed by atoms with E-state index < -0.39 is 18.0 Å². The van der Waals surface area contributed by atoms with Crippen LogP contribution < -0.4 is 10.6 Å². The highest BCUT2D eigenvalue weighted by Gasteiger charge is 2.38. The normalized spacial score (nSPS) is 13.2. The number of aliphatic carboxylic acids is 1. The molecule has 0 spiro atoms. The molecule has 3 N–H and O–H groups in total. The Bertz CT molecular complexity index is 1340. The molecule has 0 aliphatic carbocycles. The summed E-state index contributed by atoms with van der Waals surface area (Å²) in [5, 5.41) is 24.0. The Morgan fingerprint density at radius 2 is 1.66 bits per heavy atom. The summed E-state index contributed by atoms with van der Waals surface area (Å²) in [7, 11) is 0. The van der Waals surface area contributed by atoms with Gasteiger partial charge >= 0.3 is 12.0 Å². The van der Waals surface area contributed by atoms with Crippen LogP contribution in [0.4, 0.5) is 16.2 Å². The standard InChI is InChI=1S/C27H24N4O4/c1-16(2)24(26(33)34)31-15-20-13-19(8-11-23(20)25(31)32)18-6-9-21(10-7-18)29-27(35)30-22-5-3-4-17(12-22)14-28/h3-13,16,24H,15H2,1-2H3,(H,33,34)(H2,29,30,35). The molecule has 0 saturated carbocycles. The van der Waals surface area contributed by atoms with Crippen molar-refractivity contribution in [2.45, 2.75) is 26.4 Å². The van der Waals surface area contributed by atoms with E-state index in [9.17, 15) is 19.5 Å². The molecule has 0 aromatic heterocycles. The van der Waals surface area contributed by atoms with Crippen LogP contribution in [0.15, 0.2) is 66.7 Å². The minimum Gasteiger partial charge on any atom is -0.480 e. The Hall–Kier alpha value is -4.64. The minimum absolute atomic E-state index is 0.210. The fourth-order valence-corrected chi connectivity index (χ4v) is 4.23. The largest absolute Gasteiger partial charge is 0.480 e. The van der Waals surface area contributed by atoms with E-state index in [1.807, 2.05) is 30.3 Å². The number of amides is 3. The van der Waals surface area contributed by atoms with Crippen LogP contribution in [0.25, 0.3) is 11.1 Å². The summed E-state index contributed by atoms with van der Waals surface area (Å²) < 4.78 is 0. The van der Waals surface area contributed by atoms with Crippen LogP contribution in [-0.4, -0.2) is 34.0 Å². The van der Waals surface area contributed by atoms with Crippen molar-refractivity contribution in [2.24, 2.45) is 5.92 Å². The molecule has 4 rings (SSSR count). The van der Waals surface area contributed by atoms with Gasteiger partial charge in [0.05, 0.1) is 11.6 Å². The van der Waals surface area contributed by atoms with Gasteiger partial charge in [-0.3, -0.25) is 4.79 Å². The number of nitrogens with zero attached hydrogens (tertiary/aromatic N) is 2. The van der Waals surface area contributed by atoms with Gasteiger partial charge in [0, 0.05) is 23.5 Å². The highest BCUT2D eigenvalue weighted by Crippen LogP contribution is 2.31. The summed E-state index contributed by atoms with van der Waals surface area (Å²) in [4.78, 5) is 38.2. The van der Waals surface area contributed by atoms with Crippen LogP contribution in [0.5, 0.6) is 0 Å². The average molecular weight is 469 g/mol. The van der Waals surface area contributed by atoms with E-state index in [0.717, 1.165) is 16.7 Å². The quantitative estimate of drug-likeness (QED) is 0.473. The molecule has 0 saturated heterocycles. The number of hydrogen-bond donors (Lipinski definition) is 3. The van der Waals surface area contributed by atoms with Crippen molar-refractivity contribution in [2.75, 3.05) is 10.6 Å². The fraction of sp³-hybridized carbons (Fsp3) is 0.185. The molecule has 1 aliphatic rings. The number of anilines is 2. The summed E-state index contributed by atoms with van der Waals surface area (Å²) in [5.74, 6) is -1.48. The number of nitrogens with one attached hydrogen (secondary N) is 2. The summed E-state index contributed by atoms with van der Waals surface area (Å²) in [5.41, 5.74) is 4.66. The second-order valence-electron chi connectivity index (χ2n) is 8.68. The highest BCUT2D eigenvalue weighted by atomic mass is 16.4. The van der Waals surface area contributed by atoms with Crippen LogP contribution in [0.1, 0.15) is 35.3 Å². The lowest BCUT2D eigenvalue weighted by atomic mass is 10.0. The van der Waals surface area contributed by atoms with Gasteiger partial charge in [0.15, 0.2) is 0 Å². The molecule has 1 unspecified atom stereocenters. The second kappa shape index (κ2) is 9.69. The maximum Gasteiger partial charge on any atom is 0.326 e. The zero-order valence-electron chi connectivity index (χ0n) is 19.3. The van der Waals surface area contributed by atoms with E-state index in [2.05, 4.69) is 10.6 Å². The SMILES string of the molecule is CC(C)C(C(=O)O)N1Cc2cc(-c3ccc(NC(=O)Nc4cccc(C#N)c4)cc3)ccc2C1=O. The molecule has 176 valence electrons. The lowest BCUT2D eigenvalue weighted by molar-refractivity contribution is -0.144. The number of carbonyl (C=O) groups is 3. The first-order chi connectivity index (χ1) is 16.8. The molecule has 0 fully saturated rings. The van der Waals surface area contributed by atoms with Crippen LogP contribution in [-0.2, 0) is 11.3 Å². The predicted molar refractivity (Wildman–Crippen MR) is 132 cm³/mol. The molecule has 0 bridgehead atoms. The Morgan fingerprint density at radius 3 is 2.31 bits per heavy atom. The van der Waals surface area contributed by atoms with E-state index in [-0.39, 0.29) is 18.4 Å². The first-order valence-electron chi connectivity index (χ1n) is 11.1. The molecule has 1 heterocycles. The monoisotopic (exact) mass is 468 g/mol. The number of urea groups is 1. The van der Waals surface area contributed by atoms with Gasteiger partial charge in [0.1, 0.15) is 6.04 Å². The molecular weight excluding hydrogens is 444 g/mol. The average Bonchev–Trinajstić information content (AvgIpc) is 3.14. The molecule has 3 aromatic rings. The lowest BCUT2D eigenvalue weighted by Crippen LogP contribution is -2.44. The van der Waals surface area contributed by atoms with E-state index in [4.69, 9.17) is 5.26 Å². The van der Waals surface area contributed by atoms with Crippen LogP contribution in [0.2, 0.25) is 0 Å². The Morgan fingerprint density at radius 1 is 0.971 bits per heavy atom. The Balaban J connectivity index is 1.46. The maximum atomic E-state index is 12.8. The summed E-state index contributed by atoms with van der Waals surface area (Å²) >= 11 is 0. The summed E-state index contributed by atoms with van der Waals surface area (Å²) in [6.45, 7) is 3.84. The number of carboxylic acid groups (broad SMARTS) is 1. The number of benzene rings is 3. The van der Waals surface area contributed by atoms with Crippen molar-refractivity contribution in [3.63, 3.8) is 0 Å². The molecule has 1 aliphatic heterocycles. The number of carbonyl (C=O) groups excluding carboxylic acids is 2. The van der Waals surface area contributed by atoms with E-state index in [0.29, 0.717) is 22.5 Å². The van der Waals surface area contributed by atoms with Gasteiger partial charge in [-0.15, -0.1) is 0 Å². The summed E-state index contributed by atoms with van der Waals surface area (Å²) in [6, 6.07) is 20.1. The third-order valence-corrected chi connectivity index (χ3v) is 5.88. The van der Waals surface area contributed by atoms with Crippen molar-refractivity contribution < 1.29 is 19.5 Å². The van der Waals surface area contributed by atoms with Gasteiger partial charge in [-0.1, -0.05) is 38.1 Å². The van der Waals surface area contributed by atoms with Crippen molar-refractivity contribution in [1.29, 1.82) is 5.26 Å². The van der Waals surface area contributed by atoms with Gasteiger partial charge in [0.25, 0.3) is 5.91 Å². The van der Waals surface area contributed by atoms with Gasteiger partial charge in [-0.25, -0.2) is 9.59 Å². The van der Waals surface area contributed by atoms with Crippen LogP contribution >= 0.6 is 0 Å². The molecular formula is C27H24N4O4. The van der Waals surface area contributed by atoms with Crippen molar-refractivity contribution >= 4 is 29.3 Å². The molecule has 8 nitrogen and oxygen atoms in total. The first kappa shape index (κ1) is 23.5. The van der Waals surface area contributed by atoms with Gasteiger partial charge < -0.3 is 20.6 Å². The third-order valence-electron chi connectivity index (χ3n) is 5.88. The second-order valence-corrected chi connectivity index (χ2v) is 8.68. The van der Waals surface area contributed by atoms with E-state index >= 15 is 0 Å². The topological polar surface area (TPSA) is 123 Å². The van der Waals surface area contributed by atoms with Crippen LogP contribution in [0, 0.1) is 17.2 Å². The molecule has 35 heavy (non-hydrogen) atoms. The number of fused-ring (bicyclic) bond motifs is 1. The lowest BCUT2D eigenvalue weighted by Gasteiger charge is -2.27. The zero-order valence-corrected chi connectivity index (χ0v) is 19.3. The summed E-state index contributed by atoms with van der Waals surface area (Å²) in [6.07, 6.45) is 0. The Kier molecular flexibility index (Phi) is 6.51. The molecule has 3 aromatic carbocycles. The Labute approximate surface area is 202 Å². The number of carboxylic acids is 1. The smallest absolute Gasteiger partial charge is 0.326 e. The first-order valence-corrected chi connectivity index (χ1v) is 11.1. The van der Waals surface area contributed by atoms with Crippen molar-refractivity contribution in [3.05, 3.63) is 83.4 Å². The molecule has 8 heteroatoms. The highest BCUT2D eigenvalue weighted by molar-refractivity contribution is 6.01. The predicted octanol–water partition coefficient (Wildman–Crippen LogP) is 4.93. The van der Waals surface area contributed by atoms with E-state index in [1.54, 1.807) is 56.3 Å². The number of rotatable bonds is 6. The molecule has 3 amide bonds. The van der Waals surface area contributed by atoms with Gasteiger partial charge in [0.2, 0.25) is 0 Å². The maximum absolute atomic E-state index is 12.8. The number of nitriles is 1.